The highest BCUT2D eigenvalue weighted by molar-refractivity contribution is 5.95. The van der Waals surface area contributed by atoms with E-state index in [1.165, 1.54) is 19.1 Å². The SMILES string of the molecule is CC(=O)c1ccc(F)c(-c2ccc3c(c2)OCCCO3)c1. The van der Waals surface area contributed by atoms with Crippen LogP contribution in [0.5, 0.6) is 11.5 Å². The van der Waals surface area contributed by atoms with E-state index in [4.69, 9.17) is 9.47 Å². The summed E-state index contributed by atoms with van der Waals surface area (Å²) in [6.07, 6.45) is 0.818. The number of hydrogen-bond acceptors (Lipinski definition) is 3. The standard InChI is InChI=1S/C17H15FO3/c1-11(19)12-3-5-15(18)14(9-12)13-4-6-16-17(10-13)21-8-2-7-20-16/h3-6,9-10H,2,7-8H2,1H3. The van der Waals surface area contributed by atoms with Gasteiger partial charge >= 0.3 is 0 Å². The largest absolute Gasteiger partial charge is 0.490 e. The van der Waals surface area contributed by atoms with Gasteiger partial charge < -0.3 is 9.47 Å². The van der Waals surface area contributed by atoms with E-state index in [1.807, 2.05) is 0 Å². The predicted molar refractivity (Wildman–Crippen MR) is 77.4 cm³/mol. The molecule has 4 heteroatoms. The van der Waals surface area contributed by atoms with E-state index >= 15 is 0 Å². The topological polar surface area (TPSA) is 35.5 Å². The van der Waals surface area contributed by atoms with Gasteiger partial charge in [-0.2, -0.15) is 0 Å². The van der Waals surface area contributed by atoms with E-state index in [-0.39, 0.29) is 11.6 Å². The molecule has 0 amide bonds. The van der Waals surface area contributed by atoms with E-state index in [2.05, 4.69) is 0 Å². The summed E-state index contributed by atoms with van der Waals surface area (Å²) in [7, 11) is 0. The van der Waals surface area contributed by atoms with Crippen molar-refractivity contribution in [2.24, 2.45) is 0 Å². The minimum atomic E-state index is -0.366. The number of carbonyl (C=O) groups is 1. The van der Waals surface area contributed by atoms with Crippen molar-refractivity contribution in [3.63, 3.8) is 0 Å². The zero-order valence-electron chi connectivity index (χ0n) is 11.7. The highest BCUT2D eigenvalue weighted by Crippen LogP contribution is 2.35. The van der Waals surface area contributed by atoms with Crippen LogP contribution in [0.25, 0.3) is 11.1 Å². The summed E-state index contributed by atoms with van der Waals surface area (Å²) >= 11 is 0. The van der Waals surface area contributed by atoms with Gasteiger partial charge in [-0.25, -0.2) is 4.39 Å². The Kier molecular flexibility index (Phi) is 3.60. The fourth-order valence-electron chi connectivity index (χ4n) is 2.30. The van der Waals surface area contributed by atoms with Crippen LogP contribution in [0.1, 0.15) is 23.7 Å². The molecule has 1 heterocycles. The van der Waals surface area contributed by atoms with Crippen molar-refractivity contribution in [2.45, 2.75) is 13.3 Å². The smallest absolute Gasteiger partial charge is 0.161 e. The molecule has 108 valence electrons. The first-order chi connectivity index (χ1) is 10.1. The van der Waals surface area contributed by atoms with Crippen molar-refractivity contribution in [1.29, 1.82) is 0 Å². The molecule has 0 aromatic heterocycles. The van der Waals surface area contributed by atoms with Crippen molar-refractivity contribution < 1.29 is 18.7 Å². The third kappa shape index (κ3) is 2.75. The van der Waals surface area contributed by atoms with Crippen molar-refractivity contribution in [3.05, 3.63) is 47.8 Å². The van der Waals surface area contributed by atoms with Crippen LogP contribution >= 0.6 is 0 Å². The minimum Gasteiger partial charge on any atom is -0.490 e. The van der Waals surface area contributed by atoms with Gasteiger partial charge in [-0.15, -0.1) is 0 Å². The number of benzene rings is 2. The molecule has 0 N–H and O–H groups in total. The van der Waals surface area contributed by atoms with E-state index in [0.29, 0.717) is 41.4 Å². The predicted octanol–water partition coefficient (Wildman–Crippen LogP) is 3.86. The molecule has 0 saturated heterocycles. The number of carbonyl (C=O) groups excluding carboxylic acids is 1. The number of ether oxygens (including phenoxy) is 2. The van der Waals surface area contributed by atoms with Crippen molar-refractivity contribution in [2.75, 3.05) is 13.2 Å². The molecule has 0 fully saturated rings. The Morgan fingerprint density at radius 2 is 1.81 bits per heavy atom. The molecule has 2 aromatic rings. The maximum absolute atomic E-state index is 14.0. The second-order valence-electron chi connectivity index (χ2n) is 4.96. The number of Topliss-reactive ketones (excluding diaryl/α,β-unsaturated/α-hetero) is 1. The van der Waals surface area contributed by atoms with Crippen molar-refractivity contribution >= 4 is 5.78 Å². The molecule has 0 spiro atoms. The Hall–Kier alpha value is -2.36. The van der Waals surface area contributed by atoms with Crippen LogP contribution in [0.2, 0.25) is 0 Å². The fraction of sp³-hybridized carbons (Fsp3) is 0.235. The lowest BCUT2D eigenvalue weighted by molar-refractivity contribution is 0.101. The van der Waals surface area contributed by atoms with Gasteiger partial charge in [0.2, 0.25) is 0 Å². The second kappa shape index (κ2) is 5.56. The number of rotatable bonds is 2. The normalized spacial score (nSPS) is 13.6. The van der Waals surface area contributed by atoms with Crippen LogP contribution in [0.4, 0.5) is 4.39 Å². The van der Waals surface area contributed by atoms with Crippen LogP contribution in [0.3, 0.4) is 0 Å². The number of hydrogen-bond donors (Lipinski definition) is 0. The molecule has 21 heavy (non-hydrogen) atoms. The lowest BCUT2D eigenvalue weighted by atomic mass is 10.0. The molecule has 0 bridgehead atoms. The van der Waals surface area contributed by atoms with Crippen molar-refractivity contribution in [3.8, 4) is 22.6 Å². The van der Waals surface area contributed by atoms with E-state index in [9.17, 15) is 9.18 Å². The van der Waals surface area contributed by atoms with Crippen LogP contribution in [0.15, 0.2) is 36.4 Å². The molecule has 0 unspecified atom stereocenters. The summed E-state index contributed by atoms with van der Waals surface area (Å²) in [4.78, 5) is 11.5. The molecule has 0 atom stereocenters. The Morgan fingerprint density at radius 1 is 1.05 bits per heavy atom. The molecule has 0 aliphatic carbocycles. The van der Waals surface area contributed by atoms with E-state index in [1.54, 1.807) is 24.3 Å². The average Bonchev–Trinajstić information content (AvgIpc) is 2.72. The summed E-state index contributed by atoms with van der Waals surface area (Å²) in [5.74, 6) is 0.817. The van der Waals surface area contributed by atoms with Crippen LogP contribution < -0.4 is 9.47 Å². The zero-order chi connectivity index (χ0) is 14.8. The Bertz CT molecular complexity index is 694. The van der Waals surface area contributed by atoms with Crippen LogP contribution in [0, 0.1) is 5.82 Å². The van der Waals surface area contributed by atoms with Gasteiger partial charge in [-0.05, 0) is 42.8 Å². The third-order valence-corrected chi connectivity index (χ3v) is 3.43. The minimum absolute atomic E-state index is 0.0920. The first-order valence-corrected chi connectivity index (χ1v) is 6.85. The molecule has 2 aromatic carbocycles. The summed E-state index contributed by atoms with van der Waals surface area (Å²) in [6.45, 7) is 2.65. The summed E-state index contributed by atoms with van der Waals surface area (Å²) in [5.41, 5.74) is 1.54. The number of fused-ring (bicyclic) bond motifs is 1. The van der Waals surface area contributed by atoms with Gasteiger partial charge in [-0.3, -0.25) is 4.79 Å². The van der Waals surface area contributed by atoms with Gasteiger partial charge in [-0.1, -0.05) is 6.07 Å². The molecule has 3 nitrogen and oxygen atoms in total. The quantitative estimate of drug-likeness (QED) is 0.786. The maximum atomic E-state index is 14.0. The van der Waals surface area contributed by atoms with E-state index in [0.717, 1.165) is 6.42 Å². The molecular formula is C17H15FO3. The summed E-state index contributed by atoms with van der Waals surface area (Å²) < 4.78 is 25.2. The van der Waals surface area contributed by atoms with Gasteiger partial charge in [0.15, 0.2) is 17.3 Å². The van der Waals surface area contributed by atoms with Gasteiger partial charge in [0.25, 0.3) is 0 Å². The molecule has 0 saturated carbocycles. The van der Waals surface area contributed by atoms with Crippen molar-refractivity contribution in [1.82, 2.24) is 0 Å². The van der Waals surface area contributed by atoms with Gasteiger partial charge in [0.1, 0.15) is 5.82 Å². The van der Waals surface area contributed by atoms with Crippen LogP contribution in [-0.4, -0.2) is 19.0 Å². The molecule has 3 rings (SSSR count). The Balaban J connectivity index is 2.06. The Labute approximate surface area is 122 Å². The van der Waals surface area contributed by atoms with Crippen LogP contribution in [-0.2, 0) is 0 Å². The fourth-order valence-corrected chi connectivity index (χ4v) is 2.30. The average molecular weight is 286 g/mol. The van der Waals surface area contributed by atoms with Gasteiger partial charge in [0, 0.05) is 17.5 Å². The first-order valence-electron chi connectivity index (χ1n) is 6.85. The monoisotopic (exact) mass is 286 g/mol. The third-order valence-electron chi connectivity index (χ3n) is 3.43. The second-order valence-corrected chi connectivity index (χ2v) is 4.96. The van der Waals surface area contributed by atoms with E-state index < -0.39 is 0 Å². The molecular weight excluding hydrogens is 271 g/mol. The Morgan fingerprint density at radius 3 is 2.57 bits per heavy atom. The molecule has 1 aliphatic rings. The highest BCUT2D eigenvalue weighted by Gasteiger charge is 2.14. The summed E-state index contributed by atoms with van der Waals surface area (Å²) in [6, 6.07) is 9.67. The lowest BCUT2D eigenvalue weighted by Crippen LogP contribution is -1.97. The lowest BCUT2D eigenvalue weighted by Gasteiger charge is -2.10. The first kappa shape index (κ1) is 13.6. The summed E-state index contributed by atoms with van der Waals surface area (Å²) in [5, 5.41) is 0. The molecule has 1 aliphatic heterocycles. The number of ketones is 1. The van der Waals surface area contributed by atoms with Gasteiger partial charge in [0.05, 0.1) is 13.2 Å². The molecule has 0 radical (unpaired) electrons. The maximum Gasteiger partial charge on any atom is 0.161 e. The zero-order valence-corrected chi connectivity index (χ0v) is 11.7. The number of halogens is 1. The highest BCUT2D eigenvalue weighted by atomic mass is 19.1.